The zero-order valence-electron chi connectivity index (χ0n) is 16.0. The molecule has 0 atom stereocenters. The lowest BCUT2D eigenvalue weighted by molar-refractivity contribution is 0.0526. The number of amides is 2. The molecule has 1 aromatic heterocycles. The minimum absolute atomic E-state index is 0.203. The highest BCUT2D eigenvalue weighted by Gasteiger charge is 2.16. The van der Waals surface area contributed by atoms with Gasteiger partial charge in [-0.1, -0.05) is 12.8 Å². The molecule has 0 aliphatic carbocycles. The summed E-state index contributed by atoms with van der Waals surface area (Å²) in [4.78, 5) is 30.4. The Bertz CT molecular complexity index is 588. The number of rotatable bonds is 5. The van der Waals surface area contributed by atoms with Crippen LogP contribution in [0, 0.1) is 0 Å². The van der Waals surface area contributed by atoms with E-state index in [9.17, 15) is 9.59 Å². The van der Waals surface area contributed by atoms with Crippen molar-refractivity contribution in [3.8, 4) is 0 Å². The lowest BCUT2D eigenvalue weighted by atomic mass is 10.2. The number of nitrogens with one attached hydrogen (secondary N) is 2. The first-order valence-electron chi connectivity index (χ1n) is 9.31. The topological polar surface area (TPSA) is 83.6 Å². The van der Waals surface area contributed by atoms with Crippen molar-refractivity contribution in [3.63, 3.8) is 0 Å². The molecule has 0 spiro atoms. The maximum atomic E-state index is 12.2. The molecule has 0 unspecified atom stereocenters. The van der Waals surface area contributed by atoms with Crippen molar-refractivity contribution in [2.75, 3.05) is 31.1 Å². The lowest BCUT2D eigenvalue weighted by Crippen LogP contribution is -2.37. The van der Waals surface area contributed by atoms with Crippen molar-refractivity contribution in [3.05, 3.63) is 23.9 Å². The van der Waals surface area contributed by atoms with Gasteiger partial charge in [-0.3, -0.25) is 4.79 Å². The molecule has 0 radical (unpaired) electrons. The fourth-order valence-corrected chi connectivity index (χ4v) is 2.76. The lowest BCUT2D eigenvalue weighted by Gasteiger charge is -2.21. The Morgan fingerprint density at radius 3 is 2.31 bits per heavy atom. The van der Waals surface area contributed by atoms with Crippen LogP contribution in [-0.2, 0) is 4.74 Å². The van der Waals surface area contributed by atoms with E-state index in [4.69, 9.17) is 4.74 Å². The van der Waals surface area contributed by atoms with Crippen LogP contribution >= 0.6 is 0 Å². The molecule has 1 aliphatic heterocycles. The van der Waals surface area contributed by atoms with Crippen LogP contribution in [0.5, 0.6) is 0 Å². The molecule has 1 aliphatic rings. The Morgan fingerprint density at radius 1 is 1.08 bits per heavy atom. The van der Waals surface area contributed by atoms with Gasteiger partial charge in [0.2, 0.25) is 0 Å². The minimum Gasteiger partial charge on any atom is -0.444 e. The Hall–Kier alpha value is -2.31. The highest BCUT2D eigenvalue weighted by molar-refractivity contribution is 5.94. The summed E-state index contributed by atoms with van der Waals surface area (Å²) in [5.41, 5.74) is -0.0189. The molecular formula is C19H30N4O3. The summed E-state index contributed by atoms with van der Waals surface area (Å²) >= 11 is 0. The Labute approximate surface area is 155 Å². The zero-order valence-corrected chi connectivity index (χ0v) is 16.0. The molecule has 0 bridgehead atoms. The van der Waals surface area contributed by atoms with Crippen LogP contribution in [0.15, 0.2) is 18.3 Å². The standard InChI is InChI=1S/C19H30N4O3/c1-19(2,3)26-18(25)21-11-10-20-17(24)15-8-9-16(22-14-15)23-12-6-4-5-7-13-23/h8-9,14H,4-7,10-13H2,1-3H3,(H,20,24)(H,21,25). The molecule has 1 fully saturated rings. The summed E-state index contributed by atoms with van der Waals surface area (Å²) in [7, 11) is 0. The van der Waals surface area contributed by atoms with Gasteiger partial charge in [0.05, 0.1) is 5.56 Å². The van der Waals surface area contributed by atoms with Crippen LogP contribution in [-0.4, -0.2) is 48.8 Å². The number of ether oxygens (including phenoxy) is 1. The molecule has 2 N–H and O–H groups in total. The Morgan fingerprint density at radius 2 is 1.73 bits per heavy atom. The number of carbonyl (C=O) groups is 2. The molecule has 144 valence electrons. The first-order valence-corrected chi connectivity index (χ1v) is 9.31. The third-order valence-corrected chi connectivity index (χ3v) is 4.02. The Balaban J connectivity index is 1.74. The van der Waals surface area contributed by atoms with Crippen molar-refractivity contribution in [1.29, 1.82) is 0 Å². The van der Waals surface area contributed by atoms with Gasteiger partial charge in [0.1, 0.15) is 11.4 Å². The number of anilines is 1. The number of nitrogens with zero attached hydrogens (tertiary/aromatic N) is 2. The summed E-state index contributed by atoms with van der Waals surface area (Å²) in [5, 5.41) is 5.37. The van der Waals surface area contributed by atoms with Crippen molar-refractivity contribution in [1.82, 2.24) is 15.6 Å². The molecule has 7 heteroatoms. The second-order valence-corrected chi connectivity index (χ2v) is 7.49. The number of alkyl carbamates (subject to hydrolysis) is 1. The summed E-state index contributed by atoms with van der Waals surface area (Å²) < 4.78 is 5.13. The molecule has 2 rings (SSSR count). The van der Waals surface area contributed by atoms with E-state index >= 15 is 0 Å². The molecule has 7 nitrogen and oxygen atoms in total. The maximum Gasteiger partial charge on any atom is 0.407 e. The summed E-state index contributed by atoms with van der Waals surface area (Å²) in [6, 6.07) is 3.70. The smallest absolute Gasteiger partial charge is 0.407 e. The SMILES string of the molecule is CC(C)(C)OC(=O)NCCNC(=O)c1ccc(N2CCCCCC2)nc1. The van der Waals surface area contributed by atoms with Crippen molar-refractivity contribution in [2.24, 2.45) is 0 Å². The fourth-order valence-electron chi connectivity index (χ4n) is 2.76. The fraction of sp³-hybridized carbons (Fsp3) is 0.632. The quantitative estimate of drug-likeness (QED) is 0.787. The highest BCUT2D eigenvalue weighted by atomic mass is 16.6. The number of carbonyl (C=O) groups excluding carboxylic acids is 2. The normalized spacial score (nSPS) is 15.1. The van der Waals surface area contributed by atoms with E-state index in [2.05, 4.69) is 20.5 Å². The summed E-state index contributed by atoms with van der Waals surface area (Å²) in [6.45, 7) is 8.08. The van der Waals surface area contributed by atoms with Gasteiger partial charge in [0, 0.05) is 32.4 Å². The second kappa shape index (κ2) is 9.40. The average Bonchev–Trinajstić information content (AvgIpc) is 2.86. The van der Waals surface area contributed by atoms with Crippen molar-refractivity contribution in [2.45, 2.75) is 52.1 Å². The van der Waals surface area contributed by atoms with Crippen LogP contribution in [0.1, 0.15) is 56.8 Å². The van der Waals surface area contributed by atoms with E-state index in [0.29, 0.717) is 18.7 Å². The van der Waals surface area contributed by atoms with E-state index in [0.717, 1.165) is 18.9 Å². The van der Waals surface area contributed by atoms with Gasteiger partial charge in [-0.15, -0.1) is 0 Å². The molecule has 0 aromatic carbocycles. The van der Waals surface area contributed by atoms with Crippen LogP contribution in [0.2, 0.25) is 0 Å². The molecule has 0 saturated carbocycles. The predicted octanol–water partition coefficient (Wildman–Crippen LogP) is 2.72. The molecule has 2 amide bonds. The number of hydrogen-bond acceptors (Lipinski definition) is 5. The van der Waals surface area contributed by atoms with Gasteiger partial charge < -0.3 is 20.3 Å². The van der Waals surface area contributed by atoms with E-state index < -0.39 is 11.7 Å². The summed E-state index contributed by atoms with van der Waals surface area (Å²) in [5.74, 6) is 0.723. The van der Waals surface area contributed by atoms with Gasteiger partial charge in [-0.25, -0.2) is 9.78 Å². The number of pyridine rings is 1. The maximum absolute atomic E-state index is 12.2. The van der Waals surface area contributed by atoms with Crippen molar-refractivity contribution >= 4 is 17.8 Å². The minimum atomic E-state index is -0.534. The first kappa shape index (κ1) is 20.0. The Kier molecular flexibility index (Phi) is 7.24. The van der Waals surface area contributed by atoms with E-state index in [-0.39, 0.29) is 5.91 Å². The van der Waals surface area contributed by atoms with Gasteiger partial charge in [-0.05, 0) is 45.7 Å². The van der Waals surface area contributed by atoms with E-state index in [1.807, 2.05) is 6.07 Å². The summed E-state index contributed by atoms with van der Waals surface area (Å²) in [6.07, 6.45) is 6.04. The largest absolute Gasteiger partial charge is 0.444 e. The van der Waals surface area contributed by atoms with E-state index in [1.54, 1.807) is 33.0 Å². The van der Waals surface area contributed by atoms with E-state index in [1.165, 1.54) is 25.7 Å². The van der Waals surface area contributed by atoms with Gasteiger partial charge in [0.25, 0.3) is 5.91 Å². The van der Waals surface area contributed by atoms with Gasteiger partial charge in [0.15, 0.2) is 0 Å². The zero-order chi connectivity index (χ0) is 19.0. The molecular weight excluding hydrogens is 332 g/mol. The molecule has 26 heavy (non-hydrogen) atoms. The first-order chi connectivity index (χ1) is 12.3. The van der Waals surface area contributed by atoms with Crippen molar-refractivity contribution < 1.29 is 14.3 Å². The van der Waals surface area contributed by atoms with Crippen LogP contribution in [0.4, 0.5) is 10.6 Å². The van der Waals surface area contributed by atoms with Gasteiger partial charge >= 0.3 is 6.09 Å². The predicted molar refractivity (Wildman–Crippen MR) is 101 cm³/mol. The third-order valence-electron chi connectivity index (χ3n) is 4.02. The number of hydrogen-bond donors (Lipinski definition) is 2. The molecule has 2 heterocycles. The van der Waals surface area contributed by atoms with Crippen LogP contribution < -0.4 is 15.5 Å². The number of aromatic nitrogens is 1. The molecule has 1 aromatic rings. The highest BCUT2D eigenvalue weighted by Crippen LogP contribution is 2.17. The second-order valence-electron chi connectivity index (χ2n) is 7.49. The third kappa shape index (κ3) is 6.90. The average molecular weight is 362 g/mol. The molecule has 1 saturated heterocycles. The van der Waals surface area contributed by atoms with Crippen LogP contribution in [0.25, 0.3) is 0 Å². The van der Waals surface area contributed by atoms with Gasteiger partial charge in [-0.2, -0.15) is 0 Å². The monoisotopic (exact) mass is 362 g/mol. The van der Waals surface area contributed by atoms with Crippen LogP contribution in [0.3, 0.4) is 0 Å².